The number of rotatable bonds is 17. The fourth-order valence-corrected chi connectivity index (χ4v) is 10.7. The Balaban J connectivity index is 0.748. The van der Waals surface area contributed by atoms with E-state index < -0.39 is 0 Å². The molecule has 0 bridgehead atoms. The third kappa shape index (κ3) is 11.2. The zero-order valence-corrected chi connectivity index (χ0v) is 43.5. The van der Waals surface area contributed by atoms with Crippen LogP contribution in [-0.4, -0.2) is 0 Å². The SMILES string of the molecule is c1ccc(CC(Cc2ccc(-c3ccc(N(c4ccccc4)c4ccc(-c5ccc(N(c6ccccc6)c6ccccc6)cc5)cc4)cc3)cc2)c2ccc(-c3ccc(N(c4ccccc4)c4ccccc4)cc3)cc2)cc1. The average Bonchev–Trinajstić information content (AvgIpc) is 3.55. The van der Waals surface area contributed by atoms with Gasteiger partial charge in [-0.15, -0.1) is 0 Å². The van der Waals surface area contributed by atoms with Crippen LogP contribution in [0.5, 0.6) is 0 Å². The summed E-state index contributed by atoms with van der Waals surface area (Å²) >= 11 is 0. The summed E-state index contributed by atoms with van der Waals surface area (Å²) in [6.07, 6.45) is 1.90. The first-order valence-electron chi connectivity index (χ1n) is 27.0. The first-order valence-corrected chi connectivity index (χ1v) is 27.0. The van der Waals surface area contributed by atoms with Gasteiger partial charge < -0.3 is 14.7 Å². The number of hydrogen-bond acceptors (Lipinski definition) is 3. The second kappa shape index (κ2) is 23.3. The molecule has 374 valence electrons. The van der Waals surface area contributed by atoms with Gasteiger partial charge in [0.05, 0.1) is 0 Å². The molecule has 0 saturated carbocycles. The molecule has 0 amide bonds. The maximum atomic E-state index is 2.34. The van der Waals surface area contributed by atoms with Crippen molar-refractivity contribution in [3.8, 4) is 33.4 Å². The van der Waals surface area contributed by atoms with Gasteiger partial charge in [0.2, 0.25) is 0 Å². The highest BCUT2D eigenvalue weighted by Gasteiger charge is 2.18. The lowest BCUT2D eigenvalue weighted by Gasteiger charge is -2.26. The molecule has 0 radical (unpaired) electrons. The summed E-state index contributed by atoms with van der Waals surface area (Å²) in [4.78, 5) is 6.93. The van der Waals surface area contributed by atoms with Crippen LogP contribution in [0.1, 0.15) is 22.6 Å². The molecule has 0 aliphatic carbocycles. The molecular weight excluding hydrogens is 943 g/mol. The standard InChI is InChI=1S/C75H59N3/c1-7-19-57(20-8-1)55-66(65-37-35-60(36-38-65)62-41-47-72(48-42-62)76(67-21-9-2-10-22-67)68-23-11-3-12-24-68)56-58-31-33-59(34-32-58)61-39-51-74(52-40-61)78(71-29-17-6-18-30-71)75-53-45-64(46-54-75)63-43-49-73(50-44-63)77(69-25-13-4-14-26-69)70-27-15-5-16-28-70/h1-54,66H,55-56H2. The molecule has 0 saturated heterocycles. The number of benzene rings is 12. The van der Waals surface area contributed by atoms with Crippen LogP contribution in [0.2, 0.25) is 0 Å². The summed E-state index contributed by atoms with van der Waals surface area (Å²) in [6.45, 7) is 0. The summed E-state index contributed by atoms with van der Waals surface area (Å²) < 4.78 is 0. The molecule has 3 nitrogen and oxygen atoms in total. The van der Waals surface area contributed by atoms with Gasteiger partial charge in [-0.3, -0.25) is 0 Å². The number of hydrogen-bond donors (Lipinski definition) is 0. The summed E-state index contributed by atoms with van der Waals surface area (Å²) in [6, 6.07) is 118. The van der Waals surface area contributed by atoms with Gasteiger partial charge in [-0.1, -0.05) is 218 Å². The lowest BCUT2D eigenvalue weighted by Crippen LogP contribution is -2.09. The predicted octanol–water partition coefficient (Wildman–Crippen LogP) is 20.7. The van der Waals surface area contributed by atoms with Gasteiger partial charge in [-0.25, -0.2) is 0 Å². The first-order chi connectivity index (χ1) is 38.7. The molecule has 1 unspecified atom stereocenters. The Kier molecular flexibility index (Phi) is 14.6. The van der Waals surface area contributed by atoms with Crippen molar-refractivity contribution in [1.29, 1.82) is 0 Å². The minimum Gasteiger partial charge on any atom is -0.311 e. The molecule has 0 fully saturated rings. The Hall–Kier alpha value is -9.96. The number of para-hydroxylation sites is 5. The summed E-state index contributed by atoms with van der Waals surface area (Å²) in [5.74, 6) is 0.314. The van der Waals surface area contributed by atoms with Gasteiger partial charge in [0.25, 0.3) is 0 Å². The summed E-state index contributed by atoms with van der Waals surface area (Å²) in [7, 11) is 0. The second-order valence-electron chi connectivity index (χ2n) is 19.8. The van der Waals surface area contributed by atoms with E-state index in [0.29, 0.717) is 5.92 Å². The normalized spacial score (nSPS) is 11.4. The highest BCUT2D eigenvalue weighted by Crippen LogP contribution is 2.40. The van der Waals surface area contributed by atoms with E-state index in [0.717, 1.165) is 64.0 Å². The van der Waals surface area contributed by atoms with Crippen LogP contribution in [-0.2, 0) is 12.8 Å². The molecular formula is C75H59N3. The molecule has 3 heteroatoms. The molecule has 1 atom stereocenters. The van der Waals surface area contributed by atoms with Crippen molar-refractivity contribution in [2.75, 3.05) is 14.7 Å². The van der Waals surface area contributed by atoms with Crippen LogP contribution in [0.3, 0.4) is 0 Å². The van der Waals surface area contributed by atoms with E-state index >= 15 is 0 Å². The van der Waals surface area contributed by atoms with Crippen molar-refractivity contribution >= 4 is 51.2 Å². The van der Waals surface area contributed by atoms with Crippen molar-refractivity contribution < 1.29 is 0 Å². The maximum absolute atomic E-state index is 2.34. The van der Waals surface area contributed by atoms with E-state index in [4.69, 9.17) is 0 Å². The molecule has 0 spiro atoms. The number of nitrogens with zero attached hydrogens (tertiary/aromatic N) is 3. The van der Waals surface area contributed by atoms with Crippen LogP contribution in [0.4, 0.5) is 51.2 Å². The van der Waals surface area contributed by atoms with Crippen molar-refractivity contribution in [2.24, 2.45) is 0 Å². The minimum absolute atomic E-state index is 0.314. The average molecular weight is 1000 g/mol. The maximum Gasteiger partial charge on any atom is 0.0462 e. The van der Waals surface area contributed by atoms with E-state index in [1.165, 1.54) is 50.1 Å². The first kappa shape index (κ1) is 48.9. The van der Waals surface area contributed by atoms with Crippen molar-refractivity contribution in [3.05, 3.63) is 344 Å². The molecule has 0 aliphatic heterocycles. The van der Waals surface area contributed by atoms with Gasteiger partial charge in [-0.05, 0) is 178 Å². The smallest absolute Gasteiger partial charge is 0.0462 e. The van der Waals surface area contributed by atoms with Crippen molar-refractivity contribution in [1.82, 2.24) is 0 Å². The van der Waals surface area contributed by atoms with Crippen LogP contribution >= 0.6 is 0 Å². The van der Waals surface area contributed by atoms with Crippen LogP contribution in [0, 0.1) is 0 Å². The Morgan fingerprint density at radius 3 is 0.628 bits per heavy atom. The van der Waals surface area contributed by atoms with E-state index in [1.54, 1.807) is 0 Å². The minimum atomic E-state index is 0.314. The second-order valence-corrected chi connectivity index (χ2v) is 19.8. The van der Waals surface area contributed by atoms with Crippen LogP contribution in [0.25, 0.3) is 33.4 Å². The van der Waals surface area contributed by atoms with E-state index in [2.05, 4.69) is 342 Å². The molecule has 78 heavy (non-hydrogen) atoms. The van der Waals surface area contributed by atoms with Gasteiger partial charge in [-0.2, -0.15) is 0 Å². The lowest BCUT2D eigenvalue weighted by atomic mass is 9.85. The van der Waals surface area contributed by atoms with E-state index in [-0.39, 0.29) is 0 Å². The van der Waals surface area contributed by atoms with Gasteiger partial charge in [0, 0.05) is 51.2 Å². The highest BCUT2D eigenvalue weighted by molar-refractivity contribution is 5.82. The lowest BCUT2D eigenvalue weighted by molar-refractivity contribution is 0.680. The molecule has 12 rings (SSSR count). The van der Waals surface area contributed by atoms with Gasteiger partial charge in [0.15, 0.2) is 0 Å². The molecule has 12 aromatic carbocycles. The predicted molar refractivity (Wildman–Crippen MR) is 330 cm³/mol. The quantitative estimate of drug-likeness (QED) is 0.0900. The number of anilines is 9. The fraction of sp³-hybridized carbons (Fsp3) is 0.0400. The zero-order chi connectivity index (χ0) is 52.3. The van der Waals surface area contributed by atoms with Gasteiger partial charge in [0.1, 0.15) is 0 Å². The van der Waals surface area contributed by atoms with Crippen molar-refractivity contribution in [2.45, 2.75) is 18.8 Å². The molecule has 0 heterocycles. The highest BCUT2D eigenvalue weighted by atomic mass is 15.2. The largest absolute Gasteiger partial charge is 0.311 e. The summed E-state index contributed by atoms with van der Waals surface area (Å²) in [5.41, 5.74) is 21.2. The molecule has 0 N–H and O–H groups in total. The van der Waals surface area contributed by atoms with Crippen LogP contribution < -0.4 is 14.7 Å². The molecule has 0 aromatic heterocycles. The third-order valence-electron chi connectivity index (χ3n) is 14.7. The zero-order valence-electron chi connectivity index (χ0n) is 43.5. The Morgan fingerprint density at radius 2 is 0.372 bits per heavy atom. The summed E-state index contributed by atoms with van der Waals surface area (Å²) in [5, 5.41) is 0. The Labute approximate surface area is 459 Å². The Morgan fingerprint density at radius 1 is 0.179 bits per heavy atom. The van der Waals surface area contributed by atoms with Crippen LogP contribution in [0.15, 0.2) is 328 Å². The molecule has 12 aromatic rings. The topological polar surface area (TPSA) is 9.72 Å². The molecule has 0 aliphatic rings. The monoisotopic (exact) mass is 1000 g/mol. The third-order valence-corrected chi connectivity index (χ3v) is 14.7. The van der Waals surface area contributed by atoms with E-state index in [1.807, 2.05) is 0 Å². The van der Waals surface area contributed by atoms with Crippen molar-refractivity contribution in [3.63, 3.8) is 0 Å². The Bertz CT molecular complexity index is 3680. The van der Waals surface area contributed by atoms with E-state index in [9.17, 15) is 0 Å². The fourth-order valence-electron chi connectivity index (χ4n) is 10.7. The van der Waals surface area contributed by atoms with Gasteiger partial charge >= 0.3 is 0 Å².